The molecule has 176 valence electrons. The molecule has 0 aromatic heterocycles. The van der Waals surface area contributed by atoms with Crippen LogP contribution >= 0.6 is 0 Å². The van der Waals surface area contributed by atoms with E-state index in [2.05, 4.69) is 34.6 Å². The molecule has 0 aromatic rings. The van der Waals surface area contributed by atoms with E-state index in [4.69, 9.17) is 4.74 Å². The van der Waals surface area contributed by atoms with Gasteiger partial charge in [0.05, 0.1) is 11.7 Å². The van der Waals surface area contributed by atoms with Gasteiger partial charge in [0.1, 0.15) is 5.78 Å². The Bertz CT molecular complexity index is 719. The monoisotopic (exact) mass is 430 g/mol. The molecule has 0 bridgehead atoms. The fraction of sp³-hybridized carbons (Fsp3) is 0.964. The maximum Gasteiger partial charge on any atom is 0.133 e. The number of fused-ring (bicyclic) bond motifs is 7. The molecule has 1 N–H and O–H groups in total. The molecule has 1 heterocycles. The Morgan fingerprint density at radius 2 is 1.87 bits per heavy atom. The van der Waals surface area contributed by atoms with Crippen LogP contribution in [0, 0.1) is 52.3 Å². The van der Waals surface area contributed by atoms with Gasteiger partial charge in [-0.3, -0.25) is 4.79 Å². The molecular weight excluding hydrogens is 384 g/mol. The average Bonchev–Trinajstić information content (AvgIpc) is 3.17. The summed E-state index contributed by atoms with van der Waals surface area (Å²) in [6.45, 7) is 12.4. The summed E-state index contributed by atoms with van der Waals surface area (Å²) in [5.41, 5.74) is 0.785. The molecular formula is C28H46O3. The lowest BCUT2D eigenvalue weighted by molar-refractivity contribution is -0.141. The van der Waals surface area contributed by atoms with Crippen LogP contribution in [0.15, 0.2) is 0 Å². The van der Waals surface area contributed by atoms with Crippen LogP contribution in [0.1, 0.15) is 98.8 Å². The number of hydrogen-bond acceptors (Lipinski definition) is 3. The molecule has 4 saturated carbocycles. The van der Waals surface area contributed by atoms with E-state index in [9.17, 15) is 9.90 Å². The molecule has 5 aliphatic rings. The van der Waals surface area contributed by atoms with E-state index in [0.717, 1.165) is 49.9 Å². The predicted molar refractivity (Wildman–Crippen MR) is 124 cm³/mol. The standard InChI is InChI=1S/C28H46O3/c1-17(16-29)8-13-28(5)18(2)25-24(31-28)15-23-21-7-6-19-14-20(30)9-11-26(19,3)22(21)10-12-27(23,25)4/h17-19,21-25,29H,6-16H2,1-5H3. The SMILES string of the molecule is CC(CO)CCC1(C)OC2CC3C4CCC5CC(=O)CCC5(C)C4CCC3(C)C2C1C. The summed E-state index contributed by atoms with van der Waals surface area (Å²) in [6, 6.07) is 0. The van der Waals surface area contributed by atoms with E-state index in [-0.39, 0.29) is 12.2 Å². The summed E-state index contributed by atoms with van der Waals surface area (Å²) < 4.78 is 6.94. The first-order chi connectivity index (χ1) is 14.6. The van der Waals surface area contributed by atoms with Crippen LogP contribution in [0.25, 0.3) is 0 Å². The summed E-state index contributed by atoms with van der Waals surface area (Å²) >= 11 is 0. The molecule has 0 amide bonds. The molecule has 4 aliphatic carbocycles. The van der Waals surface area contributed by atoms with Crippen LogP contribution in [0.3, 0.4) is 0 Å². The lowest BCUT2D eigenvalue weighted by Crippen LogP contribution is -2.54. The first-order valence-electron chi connectivity index (χ1n) is 13.4. The van der Waals surface area contributed by atoms with Crippen molar-refractivity contribution >= 4 is 5.78 Å². The fourth-order valence-electron chi connectivity index (χ4n) is 9.83. The van der Waals surface area contributed by atoms with Crippen molar-refractivity contribution in [3.63, 3.8) is 0 Å². The largest absolute Gasteiger partial charge is 0.396 e. The molecule has 11 unspecified atom stereocenters. The van der Waals surface area contributed by atoms with Crippen molar-refractivity contribution in [1.82, 2.24) is 0 Å². The van der Waals surface area contributed by atoms with Crippen LogP contribution in [0.5, 0.6) is 0 Å². The highest BCUT2D eigenvalue weighted by Crippen LogP contribution is 2.70. The Morgan fingerprint density at radius 1 is 1.10 bits per heavy atom. The Kier molecular flexibility index (Phi) is 5.45. The number of ether oxygens (including phenoxy) is 1. The van der Waals surface area contributed by atoms with Crippen LogP contribution < -0.4 is 0 Å². The van der Waals surface area contributed by atoms with Gasteiger partial charge in [0.15, 0.2) is 0 Å². The van der Waals surface area contributed by atoms with Gasteiger partial charge in [-0.2, -0.15) is 0 Å². The third kappa shape index (κ3) is 3.22. The maximum atomic E-state index is 12.2. The molecule has 11 atom stereocenters. The van der Waals surface area contributed by atoms with Gasteiger partial charge in [-0.15, -0.1) is 0 Å². The lowest BCUT2D eigenvalue weighted by Gasteiger charge is -2.60. The molecule has 0 spiro atoms. The van der Waals surface area contributed by atoms with Gasteiger partial charge in [-0.25, -0.2) is 0 Å². The zero-order chi connectivity index (χ0) is 22.2. The molecule has 5 rings (SSSR count). The van der Waals surface area contributed by atoms with Crippen molar-refractivity contribution in [2.75, 3.05) is 6.61 Å². The van der Waals surface area contributed by atoms with E-state index < -0.39 is 0 Å². The fourth-order valence-corrected chi connectivity index (χ4v) is 9.83. The van der Waals surface area contributed by atoms with E-state index >= 15 is 0 Å². The summed E-state index contributed by atoms with van der Waals surface area (Å²) in [4.78, 5) is 12.2. The number of ketones is 1. The highest BCUT2D eigenvalue weighted by Gasteiger charge is 2.67. The third-order valence-electron chi connectivity index (χ3n) is 11.9. The Hall–Kier alpha value is -0.410. The third-order valence-corrected chi connectivity index (χ3v) is 11.9. The van der Waals surface area contributed by atoms with Crippen LogP contribution in [0.4, 0.5) is 0 Å². The molecule has 0 aromatic carbocycles. The highest BCUT2D eigenvalue weighted by molar-refractivity contribution is 5.79. The second-order valence-corrected chi connectivity index (χ2v) is 13.3. The predicted octanol–water partition coefficient (Wildman–Crippen LogP) is 6.03. The van der Waals surface area contributed by atoms with Gasteiger partial charge in [0, 0.05) is 19.4 Å². The number of hydrogen-bond donors (Lipinski definition) is 1. The number of carbonyl (C=O) groups excluding carboxylic acids is 1. The van der Waals surface area contributed by atoms with Gasteiger partial charge in [0.25, 0.3) is 0 Å². The van der Waals surface area contributed by atoms with Crippen molar-refractivity contribution < 1.29 is 14.6 Å². The van der Waals surface area contributed by atoms with E-state index in [1.807, 2.05) is 0 Å². The second-order valence-electron chi connectivity index (χ2n) is 13.3. The highest BCUT2D eigenvalue weighted by atomic mass is 16.5. The first-order valence-corrected chi connectivity index (χ1v) is 13.4. The van der Waals surface area contributed by atoms with Crippen molar-refractivity contribution in [1.29, 1.82) is 0 Å². The quantitative estimate of drug-likeness (QED) is 0.592. The zero-order valence-electron chi connectivity index (χ0n) is 20.7. The van der Waals surface area contributed by atoms with Gasteiger partial charge >= 0.3 is 0 Å². The normalized spacial score (nSPS) is 54.6. The van der Waals surface area contributed by atoms with Crippen molar-refractivity contribution in [3.05, 3.63) is 0 Å². The van der Waals surface area contributed by atoms with Gasteiger partial charge < -0.3 is 9.84 Å². The molecule has 0 radical (unpaired) electrons. The van der Waals surface area contributed by atoms with Gasteiger partial charge in [-0.05, 0) is 111 Å². The average molecular weight is 431 g/mol. The number of rotatable bonds is 4. The molecule has 3 heteroatoms. The van der Waals surface area contributed by atoms with Crippen molar-refractivity contribution in [2.45, 2.75) is 111 Å². The Balaban J connectivity index is 1.35. The number of aliphatic hydroxyl groups is 1. The molecule has 1 aliphatic heterocycles. The minimum atomic E-state index is -0.0308. The van der Waals surface area contributed by atoms with Crippen molar-refractivity contribution in [3.8, 4) is 0 Å². The molecule has 31 heavy (non-hydrogen) atoms. The van der Waals surface area contributed by atoms with Gasteiger partial charge in [0.2, 0.25) is 0 Å². The zero-order valence-corrected chi connectivity index (χ0v) is 20.7. The lowest BCUT2D eigenvalue weighted by atomic mass is 9.44. The first kappa shape index (κ1) is 22.4. The number of carbonyl (C=O) groups is 1. The minimum absolute atomic E-state index is 0.0308. The van der Waals surface area contributed by atoms with E-state index in [1.165, 1.54) is 32.1 Å². The van der Waals surface area contributed by atoms with Crippen molar-refractivity contribution in [2.24, 2.45) is 52.3 Å². The summed E-state index contributed by atoms with van der Waals surface area (Å²) in [5.74, 6) is 5.28. The Labute approximate surface area is 190 Å². The molecule has 1 saturated heterocycles. The van der Waals surface area contributed by atoms with E-state index in [1.54, 1.807) is 0 Å². The summed E-state index contributed by atoms with van der Waals surface area (Å²) in [7, 11) is 0. The molecule has 3 nitrogen and oxygen atoms in total. The second kappa shape index (κ2) is 7.55. The van der Waals surface area contributed by atoms with Crippen LogP contribution in [-0.2, 0) is 9.53 Å². The van der Waals surface area contributed by atoms with Gasteiger partial charge in [-0.1, -0.05) is 27.7 Å². The van der Waals surface area contributed by atoms with Crippen LogP contribution in [0.2, 0.25) is 0 Å². The summed E-state index contributed by atoms with van der Waals surface area (Å²) in [5, 5.41) is 9.48. The minimum Gasteiger partial charge on any atom is -0.396 e. The molecule has 5 fully saturated rings. The number of Topliss-reactive ketones (excluding diaryl/α,β-unsaturated/α-hetero) is 1. The smallest absolute Gasteiger partial charge is 0.133 e. The maximum absolute atomic E-state index is 12.2. The number of aliphatic hydroxyl groups excluding tert-OH is 1. The summed E-state index contributed by atoms with van der Waals surface area (Å²) in [6.07, 6.45) is 12.0. The van der Waals surface area contributed by atoms with E-state index in [0.29, 0.717) is 46.4 Å². The Morgan fingerprint density at radius 3 is 2.61 bits per heavy atom. The van der Waals surface area contributed by atoms with Crippen LogP contribution in [-0.4, -0.2) is 29.2 Å². The topological polar surface area (TPSA) is 46.5 Å².